The van der Waals surface area contributed by atoms with Crippen LogP contribution < -0.4 is 21.5 Å². The Labute approximate surface area is 255 Å². The molecule has 2 aromatic rings. The summed E-state index contributed by atoms with van der Waals surface area (Å²) >= 11 is 0.708. The van der Waals surface area contributed by atoms with Crippen molar-refractivity contribution in [1.82, 2.24) is 19.7 Å². The molecule has 0 bridgehead atoms. The number of aromatic nitrogens is 2. The molecule has 1 aromatic carbocycles. The molecule has 1 saturated carbocycles. The van der Waals surface area contributed by atoms with Crippen molar-refractivity contribution in [3.05, 3.63) is 35.7 Å². The van der Waals surface area contributed by atoms with Gasteiger partial charge in [0.15, 0.2) is 5.13 Å². The van der Waals surface area contributed by atoms with Crippen LogP contribution in [0, 0.1) is 0 Å². The predicted molar refractivity (Wildman–Crippen MR) is 154 cm³/mol. The van der Waals surface area contributed by atoms with E-state index in [1.807, 2.05) is 0 Å². The van der Waals surface area contributed by atoms with Crippen LogP contribution in [0.3, 0.4) is 0 Å². The Bertz CT molecular complexity index is 1570. The third-order valence-corrected chi connectivity index (χ3v) is 7.61. The zero-order chi connectivity index (χ0) is 32.2. The number of nitrogens with two attached hydrogens (primary N) is 2. The molecule has 0 radical (unpaired) electrons. The maximum Gasteiger partial charge on any atom is 0.418 e. The minimum Gasteiger partial charge on any atom is -0.489 e. The quantitative estimate of drug-likeness (QED) is 0.0618. The molecular formula is C24H30N8O10S2. The molecule has 1 aliphatic carbocycles. The Morgan fingerprint density at radius 2 is 1.91 bits per heavy atom. The van der Waals surface area contributed by atoms with Crippen molar-refractivity contribution in [3.8, 4) is 5.75 Å². The van der Waals surface area contributed by atoms with Gasteiger partial charge in [-0.25, -0.2) is 4.79 Å². The van der Waals surface area contributed by atoms with E-state index in [1.54, 1.807) is 24.3 Å². The lowest BCUT2D eigenvalue weighted by molar-refractivity contribution is -0.218. The number of benzene rings is 1. The van der Waals surface area contributed by atoms with Crippen molar-refractivity contribution in [2.24, 2.45) is 15.9 Å². The van der Waals surface area contributed by atoms with Crippen LogP contribution in [0.5, 0.6) is 5.75 Å². The molecule has 2 atom stereocenters. The van der Waals surface area contributed by atoms with E-state index in [0.717, 1.165) is 25.7 Å². The number of nitrogens with zero attached hydrogens (tertiary/aromatic N) is 5. The van der Waals surface area contributed by atoms with Gasteiger partial charge in [-0.2, -0.15) is 22.8 Å². The predicted octanol–water partition coefficient (Wildman–Crippen LogP) is -0.139. The molecule has 44 heavy (non-hydrogen) atoms. The number of carbonyl (C=O) groups excluding carboxylic acids is 2. The van der Waals surface area contributed by atoms with Gasteiger partial charge in [0.25, 0.3) is 17.9 Å². The van der Waals surface area contributed by atoms with Gasteiger partial charge in [0.2, 0.25) is 11.5 Å². The van der Waals surface area contributed by atoms with E-state index < -0.39 is 58.2 Å². The highest BCUT2D eigenvalue weighted by atomic mass is 32.3. The minimum absolute atomic E-state index is 0.0521. The Hall–Kier alpha value is -4.40. The fraction of sp³-hybridized carbons (Fsp3) is 0.458. The molecule has 0 spiro atoms. The summed E-state index contributed by atoms with van der Waals surface area (Å²) in [5, 5.41) is 15.9. The lowest BCUT2D eigenvalue weighted by Gasteiger charge is -2.50. The van der Waals surface area contributed by atoms with Crippen molar-refractivity contribution in [1.29, 1.82) is 0 Å². The zero-order valence-electron chi connectivity index (χ0n) is 23.4. The first-order valence-electron chi connectivity index (χ1n) is 13.1. The summed E-state index contributed by atoms with van der Waals surface area (Å²) in [4.78, 5) is 51.0. The van der Waals surface area contributed by atoms with E-state index in [4.69, 9.17) is 25.6 Å². The second-order valence-corrected chi connectivity index (χ2v) is 12.1. The largest absolute Gasteiger partial charge is 0.489 e. The molecule has 4 rings (SSSR count). The Balaban J connectivity index is 1.44. The number of carboxylic acid groups (broad SMARTS) is 1. The molecule has 1 aliphatic heterocycles. The fourth-order valence-corrected chi connectivity index (χ4v) is 5.28. The van der Waals surface area contributed by atoms with Gasteiger partial charge in [-0.3, -0.25) is 19.1 Å². The molecule has 2 heterocycles. The van der Waals surface area contributed by atoms with Crippen molar-refractivity contribution >= 4 is 56.4 Å². The maximum absolute atomic E-state index is 13.1. The van der Waals surface area contributed by atoms with Crippen molar-refractivity contribution in [3.63, 3.8) is 0 Å². The van der Waals surface area contributed by atoms with Crippen LogP contribution in [-0.4, -0.2) is 92.2 Å². The summed E-state index contributed by atoms with van der Waals surface area (Å²) in [5.74, 6) is -3.21. The first-order chi connectivity index (χ1) is 20.7. The summed E-state index contributed by atoms with van der Waals surface area (Å²) in [5.41, 5.74) is 10.3. The van der Waals surface area contributed by atoms with Crippen LogP contribution in [0.25, 0.3) is 0 Å². The number of hydrogen-bond acceptors (Lipinski definition) is 14. The van der Waals surface area contributed by atoms with Crippen LogP contribution in [-0.2, 0) is 33.9 Å². The standard InChI is InChI=1S/C24H30N8O10S2/c1-24(2)17(21(34)32(24)42-44(37,38)39)28-20(33)16(19-29-23(26)43-31-19)30-41-15(22(35)36)11-40-14-9-7-12(8-10-14)18(25)27-13-5-3-4-6-13/h7-10,13,15,17H,3-6,11H2,1-2H3,(H2,25,27)(H,28,33)(H,35,36)(H2,26,29,31)(H,37,38,39)/b30-16-/t15-,17+/m0/s1. The van der Waals surface area contributed by atoms with Crippen LogP contribution in [0.4, 0.5) is 5.13 Å². The van der Waals surface area contributed by atoms with Gasteiger partial charge in [-0.05, 0) is 51.0 Å². The lowest BCUT2D eigenvalue weighted by atomic mass is 9.84. The molecule has 0 unspecified atom stereocenters. The molecule has 1 aromatic heterocycles. The zero-order valence-corrected chi connectivity index (χ0v) is 25.1. The van der Waals surface area contributed by atoms with Crippen molar-refractivity contribution < 1.29 is 46.3 Å². The number of aliphatic imine (C=N–C) groups is 1. The van der Waals surface area contributed by atoms with Crippen LogP contribution in [0.2, 0.25) is 0 Å². The number of amidine groups is 1. The first kappa shape index (κ1) is 32.5. The Morgan fingerprint density at radius 1 is 1.25 bits per heavy atom. The van der Waals surface area contributed by atoms with Gasteiger partial charge in [0, 0.05) is 17.1 Å². The SMILES string of the molecule is CC1(C)[C@H](NC(=O)/C(=N\O[C@@H](COc2ccc(C(N)=NC3CCCC3)cc2)C(=O)O)c2nsc(N)n2)C(=O)N1OS(=O)(=O)O. The Morgan fingerprint density at radius 3 is 2.45 bits per heavy atom. The van der Waals surface area contributed by atoms with E-state index in [-0.39, 0.29) is 17.0 Å². The highest BCUT2D eigenvalue weighted by Gasteiger charge is 2.58. The number of nitrogen functional groups attached to an aromatic ring is 1. The summed E-state index contributed by atoms with van der Waals surface area (Å²) in [6.45, 7) is 2.16. The van der Waals surface area contributed by atoms with Gasteiger partial charge in [-0.1, -0.05) is 18.0 Å². The molecule has 1 saturated heterocycles. The van der Waals surface area contributed by atoms with Gasteiger partial charge in [0.1, 0.15) is 24.2 Å². The minimum atomic E-state index is -5.02. The third-order valence-electron chi connectivity index (χ3n) is 6.73. The molecular weight excluding hydrogens is 624 g/mol. The smallest absolute Gasteiger partial charge is 0.418 e. The number of rotatable bonds is 13. The number of amides is 2. The summed E-state index contributed by atoms with van der Waals surface area (Å²) in [6.07, 6.45) is 2.54. The van der Waals surface area contributed by atoms with E-state index >= 15 is 0 Å². The highest BCUT2D eigenvalue weighted by molar-refractivity contribution is 7.80. The molecule has 20 heteroatoms. The number of oxime groups is 1. The third kappa shape index (κ3) is 7.75. The topological polar surface area (TPSA) is 271 Å². The number of aliphatic carboxylic acids is 1. The van der Waals surface area contributed by atoms with Crippen molar-refractivity contribution in [2.75, 3.05) is 12.3 Å². The van der Waals surface area contributed by atoms with E-state index in [9.17, 15) is 27.9 Å². The molecule has 238 valence electrons. The maximum atomic E-state index is 13.1. The van der Waals surface area contributed by atoms with Gasteiger partial charge >= 0.3 is 16.4 Å². The number of anilines is 1. The second kappa shape index (κ2) is 13.1. The van der Waals surface area contributed by atoms with E-state index in [2.05, 4.69) is 29.1 Å². The average Bonchev–Trinajstić information content (AvgIpc) is 3.63. The van der Waals surface area contributed by atoms with Gasteiger partial charge in [-0.15, -0.1) is 4.28 Å². The number of carbonyl (C=O) groups is 3. The highest BCUT2D eigenvalue weighted by Crippen LogP contribution is 2.33. The van der Waals surface area contributed by atoms with E-state index in [1.165, 1.54) is 13.8 Å². The van der Waals surface area contributed by atoms with Gasteiger partial charge < -0.3 is 31.5 Å². The molecule has 2 aliphatic rings. The normalized spacial score (nSPS) is 19.8. The Kier molecular flexibility index (Phi) is 9.66. The average molecular weight is 655 g/mol. The molecule has 18 nitrogen and oxygen atoms in total. The van der Waals surface area contributed by atoms with Crippen molar-refractivity contribution in [2.45, 2.75) is 63.3 Å². The summed E-state index contributed by atoms with van der Waals surface area (Å²) in [7, 11) is -5.02. The fourth-order valence-electron chi connectivity index (χ4n) is 4.40. The van der Waals surface area contributed by atoms with Crippen LogP contribution >= 0.6 is 11.5 Å². The lowest BCUT2D eigenvalue weighted by Crippen LogP contribution is -2.76. The van der Waals surface area contributed by atoms with Gasteiger partial charge in [0.05, 0.1) is 11.6 Å². The van der Waals surface area contributed by atoms with Crippen LogP contribution in [0.15, 0.2) is 34.4 Å². The number of hydrogen-bond donors (Lipinski definition) is 5. The number of ether oxygens (including phenoxy) is 1. The van der Waals surface area contributed by atoms with E-state index in [0.29, 0.717) is 33.7 Å². The summed E-state index contributed by atoms with van der Waals surface area (Å²) < 4.78 is 44.7. The summed E-state index contributed by atoms with van der Waals surface area (Å²) in [6, 6.07) is 5.39. The number of carboxylic acids is 1. The molecule has 2 fully saturated rings. The number of β-lactam (4-membered cyclic amide) rings is 1. The number of hydroxylamine groups is 2. The first-order valence-corrected chi connectivity index (χ1v) is 15.2. The second-order valence-electron chi connectivity index (χ2n) is 10.3. The van der Waals surface area contributed by atoms with Crippen LogP contribution in [0.1, 0.15) is 50.9 Å². The molecule has 2 amide bonds. The molecule has 7 N–H and O–H groups in total. The monoisotopic (exact) mass is 654 g/mol. The number of nitrogens with one attached hydrogen (secondary N) is 1.